The molecule has 0 spiro atoms. The summed E-state index contributed by atoms with van der Waals surface area (Å²) < 4.78 is -0.0326. The van der Waals surface area contributed by atoms with Gasteiger partial charge in [-0.3, -0.25) is 19.3 Å². The van der Waals surface area contributed by atoms with Crippen LogP contribution < -0.4 is 5.32 Å². The van der Waals surface area contributed by atoms with Gasteiger partial charge in [0.05, 0.1) is 5.25 Å². The Labute approximate surface area is 162 Å². The molecule has 26 heavy (non-hydrogen) atoms. The smallest absolute Gasteiger partial charge is 0.242 e. The Balaban J connectivity index is 1.85. The fraction of sp³-hybridized carbons (Fsp3) is 0.850. The molecule has 0 aromatic rings. The number of nitrogens with zero attached hydrogens (tertiary/aromatic N) is 1. The van der Waals surface area contributed by atoms with Gasteiger partial charge in [0.1, 0.15) is 0 Å². The topological polar surface area (TPSA) is 66.5 Å². The van der Waals surface area contributed by atoms with E-state index in [0.717, 1.165) is 25.7 Å². The molecule has 1 saturated carbocycles. The number of amides is 3. The Bertz CT molecular complexity index is 554. The van der Waals surface area contributed by atoms with Gasteiger partial charge in [-0.2, -0.15) is 0 Å². The molecule has 1 heterocycles. The van der Waals surface area contributed by atoms with Crippen LogP contribution in [0.3, 0.4) is 0 Å². The van der Waals surface area contributed by atoms with E-state index in [1.807, 2.05) is 20.8 Å². The molecule has 1 aliphatic heterocycles. The largest absolute Gasteiger partial charge is 0.351 e. The maximum Gasteiger partial charge on any atom is 0.242 e. The number of carbonyl (C=O) groups excluding carboxylic acids is 3. The number of nitrogens with one attached hydrogen (secondary N) is 1. The second-order valence-corrected chi connectivity index (χ2v) is 11.8. The van der Waals surface area contributed by atoms with Gasteiger partial charge in [0.25, 0.3) is 0 Å². The summed E-state index contributed by atoms with van der Waals surface area (Å²) in [4.78, 5) is 38.7. The third kappa shape index (κ3) is 6.00. The van der Waals surface area contributed by atoms with Crippen molar-refractivity contribution in [2.24, 2.45) is 11.8 Å². The number of imide groups is 1. The molecule has 2 fully saturated rings. The summed E-state index contributed by atoms with van der Waals surface area (Å²) >= 11 is 1.59. The van der Waals surface area contributed by atoms with Crippen molar-refractivity contribution >= 4 is 29.5 Å². The standard InChI is InChI=1S/C20H34N2O3S/c1-19(2,3)21-17(24)14-9-7-13(8-10-14)12-22-16(23)11-15(18(22)25)26-20(4,5)6/h13-15H,7-12H2,1-6H3,(H,21,24). The minimum absolute atomic E-state index is 0.0254. The number of hydrogen-bond donors (Lipinski definition) is 1. The zero-order valence-electron chi connectivity index (χ0n) is 17.1. The maximum atomic E-state index is 12.6. The molecular formula is C20H34N2O3S. The first-order valence-corrected chi connectivity index (χ1v) is 10.6. The molecule has 5 nitrogen and oxygen atoms in total. The van der Waals surface area contributed by atoms with E-state index >= 15 is 0 Å². The fourth-order valence-corrected chi connectivity index (χ4v) is 5.01. The highest BCUT2D eigenvalue weighted by molar-refractivity contribution is 8.01. The Morgan fingerprint density at radius 2 is 1.65 bits per heavy atom. The third-order valence-corrected chi connectivity index (χ3v) is 6.21. The Kier molecular flexibility index (Phi) is 6.47. The maximum absolute atomic E-state index is 12.6. The second kappa shape index (κ2) is 7.91. The van der Waals surface area contributed by atoms with Gasteiger partial charge in [-0.25, -0.2) is 0 Å². The van der Waals surface area contributed by atoms with Crippen molar-refractivity contribution in [3.05, 3.63) is 0 Å². The monoisotopic (exact) mass is 382 g/mol. The average Bonchev–Trinajstić information content (AvgIpc) is 2.72. The van der Waals surface area contributed by atoms with Crippen molar-refractivity contribution in [1.29, 1.82) is 0 Å². The van der Waals surface area contributed by atoms with Gasteiger partial charge < -0.3 is 5.32 Å². The van der Waals surface area contributed by atoms with Crippen molar-refractivity contribution < 1.29 is 14.4 Å². The van der Waals surface area contributed by atoms with Gasteiger partial charge in [-0.15, -0.1) is 11.8 Å². The van der Waals surface area contributed by atoms with E-state index in [1.54, 1.807) is 11.8 Å². The molecule has 0 aromatic carbocycles. The molecule has 1 atom stereocenters. The van der Waals surface area contributed by atoms with Crippen molar-refractivity contribution in [3.63, 3.8) is 0 Å². The Morgan fingerprint density at radius 3 is 2.15 bits per heavy atom. The lowest BCUT2D eigenvalue weighted by Gasteiger charge is -2.32. The van der Waals surface area contributed by atoms with Crippen LogP contribution in [0.15, 0.2) is 0 Å². The molecule has 148 valence electrons. The van der Waals surface area contributed by atoms with Gasteiger partial charge in [0.2, 0.25) is 17.7 Å². The first-order valence-electron chi connectivity index (χ1n) is 9.70. The quantitative estimate of drug-likeness (QED) is 0.757. The van der Waals surface area contributed by atoms with Crippen LogP contribution in [0.5, 0.6) is 0 Å². The van der Waals surface area contributed by atoms with E-state index in [2.05, 4.69) is 26.1 Å². The molecular weight excluding hydrogens is 348 g/mol. The highest BCUT2D eigenvalue weighted by Crippen LogP contribution is 2.36. The number of carbonyl (C=O) groups is 3. The highest BCUT2D eigenvalue weighted by Gasteiger charge is 2.42. The van der Waals surface area contributed by atoms with Crippen molar-refractivity contribution in [3.8, 4) is 0 Å². The van der Waals surface area contributed by atoms with E-state index in [0.29, 0.717) is 18.9 Å². The SMILES string of the molecule is CC(C)(C)NC(=O)C1CCC(CN2C(=O)CC(SC(C)(C)C)C2=O)CC1. The fourth-order valence-electron chi connectivity index (χ4n) is 3.70. The molecule has 0 radical (unpaired) electrons. The van der Waals surface area contributed by atoms with E-state index in [4.69, 9.17) is 0 Å². The molecule has 2 rings (SSSR count). The average molecular weight is 383 g/mol. The number of thioether (sulfide) groups is 1. The van der Waals surface area contributed by atoms with Gasteiger partial charge in [0.15, 0.2) is 0 Å². The first kappa shape index (κ1) is 21.3. The van der Waals surface area contributed by atoms with Crippen LogP contribution in [-0.4, -0.2) is 44.7 Å². The van der Waals surface area contributed by atoms with Gasteiger partial charge in [0, 0.05) is 29.2 Å². The van der Waals surface area contributed by atoms with Crippen LogP contribution >= 0.6 is 11.8 Å². The van der Waals surface area contributed by atoms with Crippen molar-refractivity contribution in [2.45, 2.75) is 89.2 Å². The van der Waals surface area contributed by atoms with Gasteiger partial charge in [-0.05, 0) is 52.4 Å². The third-order valence-electron chi connectivity index (χ3n) is 4.85. The zero-order chi connectivity index (χ0) is 19.7. The molecule has 0 aromatic heterocycles. The molecule has 6 heteroatoms. The summed E-state index contributed by atoms with van der Waals surface area (Å²) in [6, 6.07) is 0. The normalized spacial score (nSPS) is 27.8. The molecule has 0 bridgehead atoms. The van der Waals surface area contributed by atoms with Crippen LogP contribution in [0, 0.1) is 11.8 Å². The van der Waals surface area contributed by atoms with E-state index in [-0.39, 0.29) is 39.2 Å². The predicted molar refractivity (Wildman–Crippen MR) is 106 cm³/mol. The lowest BCUT2D eigenvalue weighted by atomic mass is 9.81. The zero-order valence-corrected chi connectivity index (χ0v) is 17.9. The van der Waals surface area contributed by atoms with Crippen LogP contribution in [0.1, 0.15) is 73.6 Å². The number of rotatable bonds is 4. The van der Waals surface area contributed by atoms with Crippen LogP contribution in [0.2, 0.25) is 0 Å². The summed E-state index contributed by atoms with van der Waals surface area (Å²) in [6.45, 7) is 12.7. The Morgan fingerprint density at radius 1 is 1.08 bits per heavy atom. The van der Waals surface area contributed by atoms with E-state index in [1.165, 1.54) is 4.90 Å². The number of hydrogen-bond acceptors (Lipinski definition) is 4. The minimum atomic E-state index is -0.239. The van der Waals surface area contributed by atoms with Crippen molar-refractivity contribution in [2.75, 3.05) is 6.54 Å². The molecule has 1 unspecified atom stereocenters. The molecule has 3 amide bonds. The highest BCUT2D eigenvalue weighted by atomic mass is 32.2. The van der Waals surface area contributed by atoms with Gasteiger partial charge >= 0.3 is 0 Å². The van der Waals surface area contributed by atoms with Crippen LogP contribution in [0.4, 0.5) is 0 Å². The van der Waals surface area contributed by atoms with E-state index in [9.17, 15) is 14.4 Å². The molecule has 1 N–H and O–H groups in total. The molecule has 2 aliphatic rings. The van der Waals surface area contributed by atoms with E-state index < -0.39 is 0 Å². The molecule has 1 saturated heterocycles. The lowest BCUT2D eigenvalue weighted by molar-refractivity contribution is -0.139. The van der Waals surface area contributed by atoms with Crippen LogP contribution in [-0.2, 0) is 14.4 Å². The first-order chi connectivity index (χ1) is 11.9. The van der Waals surface area contributed by atoms with Gasteiger partial charge in [-0.1, -0.05) is 20.8 Å². The summed E-state index contributed by atoms with van der Waals surface area (Å²) in [5, 5.41) is 2.82. The summed E-state index contributed by atoms with van der Waals surface area (Å²) in [5.41, 5.74) is -0.206. The summed E-state index contributed by atoms with van der Waals surface area (Å²) in [6.07, 6.45) is 3.79. The summed E-state index contributed by atoms with van der Waals surface area (Å²) in [7, 11) is 0. The van der Waals surface area contributed by atoms with Crippen molar-refractivity contribution in [1.82, 2.24) is 10.2 Å². The lowest BCUT2D eigenvalue weighted by Crippen LogP contribution is -2.45. The predicted octanol–water partition coefficient (Wildman–Crippen LogP) is 3.37. The number of likely N-dealkylation sites (tertiary alicyclic amines) is 1. The summed E-state index contributed by atoms with van der Waals surface area (Å²) in [5.74, 6) is 0.442. The Hall–Kier alpha value is -1.04. The second-order valence-electron chi connectivity index (χ2n) is 9.72. The minimum Gasteiger partial charge on any atom is -0.351 e. The van der Waals surface area contributed by atoms with Crippen LogP contribution in [0.25, 0.3) is 0 Å². The molecule has 1 aliphatic carbocycles.